The highest BCUT2D eigenvalue weighted by Crippen LogP contribution is 2.18. The molecule has 2 rings (SSSR count). The monoisotopic (exact) mass is 295 g/mol. The molecule has 3 nitrogen and oxygen atoms in total. The second-order valence-corrected chi connectivity index (χ2v) is 4.84. The van der Waals surface area contributed by atoms with Gasteiger partial charge in [0.25, 0.3) is 0 Å². The third-order valence-electron chi connectivity index (χ3n) is 2.22. The average molecular weight is 296 g/mol. The van der Waals surface area contributed by atoms with Crippen molar-refractivity contribution in [1.82, 2.24) is 9.78 Å². The van der Waals surface area contributed by atoms with Crippen LogP contribution in [-0.2, 0) is 0 Å². The Morgan fingerprint density at radius 1 is 1.50 bits per heavy atom. The molecule has 0 aliphatic carbocycles. The highest BCUT2D eigenvalue weighted by molar-refractivity contribution is 9.10. The summed E-state index contributed by atoms with van der Waals surface area (Å²) in [4.78, 5) is 0.380. The minimum atomic E-state index is 0.380. The van der Waals surface area contributed by atoms with Crippen LogP contribution < -0.4 is 5.73 Å². The first kappa shape index (κ1) is 11.3. The number of aromatic nitrogens is 2. The summed E-state index contributed by atoms with van der Waals surface area (Å²) >= 11 is 8.40. The third-order valence-corrected chi connectivity index (χ3v) is 2.84. The van der Waals surface area contributed by atoms with Crippen LogP contribution in [0.5, 0.6) is 0 Å². The molecule has 0 saturated heterocycles. The predicted octanol–water partition coefficient (Wildman–Crippen LogP) is 2.58. The molecule has 0 spiro atoms. The number of halogens is 1. The number of benzene rings is 1. The van der Waals surface area contributed by atoms with Gasteiger partial charge < -0.3 is 5.73 Å². The number of hydrogen-bond acceptors (Lipinski definition) is 2. The minimum Gasteiger partial charge on any atom is -0.389 e. The van der Waals surface area contributed by atoms with Gasteiger partial charge in [0.15, 0.2) is 0 Å². The molecule has 0 unspecified atom stereocenters. The van der Waals surface area contributed by atoms with Gasteiger partial charge in [-0.3, -0.25) is 0 Å². The van der Waals surface area contributed by atoms with E-state index in [1.165, 1.54) is 0 Å². The first-order valence-electron chi connectivity index (χ1n) is 4.69. The van der Waals surface area contributed by atoms with E-state index in [-0.39, 0.29) is 0 Å². The molecule has 5 heteroatoms. The molecule has 0 aliphatic rings. The zero-order valence-corrected chi connectivity index (χ0v) is 11.0. The maximum Gasteiger partial charge on any atom is 0.106 e. The molecule has 0 atom stereocenters. The largest absolute Gasteiger partial charge is 0.389 e. The van der Waals surface area contributed by atoms with Crippen molar-refractivity contribution >= 4 is 33.1 Å². The van der Waals surface area contributed by atoms with Crippen molar-refractivity contribution in [2.75, 3.05) is 0 Å². The molecule has 1 aromatic heterocycles. The summed E-state index contributed by atoms with van der Waals surface area (Å²) in [5, 5.41) is 4.21. The van der Waals surface area contributed by atoms with Crippen molar-refractivity contribution in [2.24, 2.45) is 5.73 Å². The fraction of sp³-hybridized carbons (Fsp3) is 0.0909. The van der Waals surface area contributed by atoms with E-state index in [2.05, 4.69) is 21.0 Å². The Balaban J connectivity index is 2.60. The van der Waals surface area contributed by atoms with Crippen LogP contribution in [0.1, 0.15) is 11.1 Å². The van der Waals surface area contributed by atoms with E-state index in [9.17, 15) is 0 Å². The Morgan fingerprint density at radius 3 is 2.81 bits per heavy atom. The fourth-order valence-corrected chi connectivity index (χ4v) is 1.93. The van der Waals surface area contributed by atoms with Crippen LogP contribution in [0.4, 0.5) is 0 Å². The molecule has 0 saturated carbocycles. The molecule has 82 valence electrons. The summed E-state index contributed by atoms with van der Waals surface area (Å²) in [5.41, 5.74) is 8.56. The van der Waals surface area contributed by atoms with Gasteiger partial charge in [-0.05, 0) is 35.0 Å². The van der Waals surface area contributed by atoms with Gasteiger partial charge in [0, 0.05) is 11.8 Å². The van der Waals surface area contributed by atoms with Gasteiger partial charge in [0.05, 0.1) is 16.4 Å². The number of aryl methyl sites for hydroxylation is 1. The van der Waals surface area contributed by atoms with Crippen LogP contribution in [0.15, 0.2) is 35.1 Å². The van der Waals surface area contributed by atoms with Gasteiger partial charge in [0.1, 0.15) is 4.99 Å². The normalized spacial score (nSPS) is 10.4. The van der Waals surface area contributed by atoms with Crippen LogP contribution in [0.25, 0.3) is 5.69 Å². The molecule has 0 aliphatic heterocycles. The van der Waals surface area contributed by atoms with Crippen molar-refractivity contribution in [2.45, 2.75) is 6.92 Å². The zero-order valence-electron chi connectivity index (χ0n) is 8.64. The van der Waals surface area contributed by atoms with Crippen molar-refractivity contribution in [3.8, 4) is 5.69 Å². The van der Waals surface area contributed by atoms with Crippen LogP contribution in [0.3, 0.4) is 0 Å². The second kappa shape index (κ2) is 4.35. The van der Waals surface area contributed by atoms with Gasteiger partial charge in [-0.15, -0.1) is 0 Å². The van der Waals surface area contributed by atoms with Gasteiger partial charge in [-0.25, -0.2) is 4.68 Å². The summed E-state index contributed by atoms with van der Waals surface area (Å²) < 4.78 is 2.67. The summed E-state index contributed by atoms with van der Waals surface area (Å²) in [6, 6.07) is 5.93. The smallest absolute Gasteiger partial charge is 0.106 e. The molecule has 0 amide bonds. The highest BCUT2D eigenvalue weighted by atomic mass is 79.9. The highest BCUT2D eigenvalue weighted by Gasteiger charge is 2.08. The lowest BCUT2D eigenvalue weighted by molar-refractivity contribution is 0.878. The van der Waals surface area contributed by atoms with E-state index >= 15 is 0 Å². The topological polar surface area (TPSA) is 43.8 Å². The lowest BCUT2D eigenvalue weighted by atomic mass is 10.1. The van der Waals surface area contributed by atoms with Crippen LogP contribution >= 0.6 is 28.1 Å². The fourth-order valence-electron chi connectivity index (χ4n) is 1.48. The molecule has 2 N–H and O–H groups in total. The average Bonchev–Trinajstić information content (AvgIpc) is 2.64. The Kier molecular flexibility index (Phi) is 3.07. The second-order valence-electron chi connectivity index (χ2n) is 3.49. The van der Waals surface area contributed by atoms with E-state index in [1.54, 1.807) is 10.9 Å². The third kappa shape index (κ3) is 2.15. The molecule has 16 heavy (non-hydrogen) atoms. The summed E-state index contributed by atoms with van der Waals surface area (Å²) in [6.45, 7) is 2.00. The number of hydrogen-bond donors (Lipinski definition) is 1. The van der Waals surface area contributed by atoms with Crippen LogP contribution in [0, 0.1) is 6.92 Å². The van der Waals surface area contributed by atoms with Crippen LogP contribution in [0.2, 0.25) is 0 Å². The summed E-state index contributed by atoms with van der Waals surface area (Å²) in [5.74, 6) is 0. The lowest BCUT2D eigenvalue weighted by Gasteiger charge is -2.09. The van der Waals surface area contributed by atoms with E-state index < -0.39 is 0 Å². The predicted molar refractivity (Wildman–Crippen MR) is 71.9 cm³/mol. The Labute approximate surface area is 107 Å². The Bertz CT molecular complexity index is 548. The Morgan fingerprint density at radius 2 is 2.25 bits per heavy atom. The molecule has 1 aromatic carbocycles. The first-order chi connectivity index (χ1) is 7.58. The SMILES string of the molecule is Cc1ccc(-n2cc(Br)cn2)c(C(N)=S)c1. The van der Waals surface area contributed by atoms with Gasteiger partial charge in [-0.2, -0.15) is 5.10 Å². The summed E-state index contributed by atoms with van der Waals surface area (Å²) in [7, 11) is 0. The van der Waals surface area contributed by atoms with Crippen molar-refractivity contribution in [3.05, 3.63) is 46.2 Å². The molecule has 0 bridgehead atoms. The first-order valence-corrected chi connectivity index (χ1v) is 5.89. The van der Waals surface area contributed by atoms with Crippen molar-refractivity contribution < 1.29 is 0 Å². The molecular formula is C11H10BrN3S. The van der Waals surface area contributed by atoms with E-state index in [0.29, 0.717) is 4.99 Å². The number of rotatable bonds is 2. The Hall–Kier alpha value is -1.20. The molecule has 0 radical (unpaired) electrons. The van der Waals surface area contributed by atoms with Crippen molar-refractivity contribution in [1.29, 1.82) is 0 Å². The van der Waals surface area contributed by atoms with Gasteiger partial charge in [0.2, 0.25) is 0 Å². The standard InChI is InChI=1S/C11H10BrN3S/c1-7-2-3-10(9(4-7)11(13)16)15-6-8(12)5-14-15/h2-6H,1H3,(H2,13,16). The summed E-state index contributed by atoms with van der Waals surface area (Å²) in [6.07, 6.45) is 3.59. The molecular weight excluding hydrogens is 286 g/mol. The number of nitrogens with zero attached hydrogens (tertiary/aromatic N) is 2. The molecule has 2 aromatic rings. The number of nitrogens with two attached hydrogens (primary N) is 1. The van der Waals surface area contributed by atoms with E-state index in [0.717, 1.165) is 21.3 Å². The lowest BCUT2D eigenvalue weighted by Crippen LogP contribution is -2.13. The van der Waals surface area contributed by atoms with Gasteiger partial charge >= 0.3 is 0 Å². The van der Waals surface area contributed by atoms with Crippen molar-refractivity contribution in [3.63, 3.8) is 0 Å². The maximum absolute atomic E-state index is 5.71. The minimum absolute atomic E-state index is 0.380. The molecule has 1 heterocycles. The zero-order chi connectivity index (χ0) is 11.7. The van der Waals surface area contributed by atoms with Crippen LogP contribution in [-0.4, -0.2) is 14.8 Å². The molecule has 0 fully saturated rings. The maximum atomic E-state index is 5.71. The number of thiocarbonyl (C=S) groups is 1. The van der Waals surface area contributed by atoms with E-state index in [1.807, 2.05) is 31.3 Å². The van der Waals surface area contributed by atoms with E-state index in [4.69, 9.17) is 18.0 Å². The van der Waals surface area contributed by atoms with Gasteiger partial charge in [-0.1, -0.05) is 23.8 Å². The quantitative estimate of drug-likeness (QED) is 0.866.